The van der Waals surface area contributed by atoms with Gasteiger partial charge in [0.1, 0.15) is 17.8 Å². The van der Waals surface area contributed by atoms with Crippen molar-refractivity contribution in [3.05, 3.63) is 47.4 Å². The maximum atomic E-state index is 12.4. The number of anilines is 1. The molecule has 2 amide bonds. The molecular formula is C17H21N3O4. The van der Waals surface area contributed by atoms with E-state index in [0.717, 1.165) is 0 Å². The van der Waals surface area contributed by atoms with E-state index in [2.05, 4.69) is 5.32 Å². The van der Waals surface area contributed by atoms with Crippen LogP contribution in [0.25, 0.3) is 0 Å². The summed E-state index contributed by atoms with van der Waals surface area (Å²) in [5.74, 6) is 0.474. The monoisotopic (exact) mass is 331 g/mol. The summed E-state index contributed by atoms with van der Waals surface area (Å²) in [6, 6.07) is 6.49. The zero-order chi connectivity index (χ0) is 17.7. The van der Waals surface area contributed by atoms with E-state index < -0.39 is 0 Å². The molecule has 0 fully saturated rings. The van der Waals surface area contributed by atoms with Gasteiger partial charge < -0.3 is 25.1 Å². The van der Waals surface area contributed by atoms with E-state index in [4.69, 9.17) is 14.9 Å². The molecule has 1 aromatic heterocycles. The van der Waals surface area contributed by atoms with Crippen LogP contribution in [-0.4, -0.2) is 37.4 Å². The predicted molar refractivity (Wildman–Crippen MR) is 90.2 cm³/mol. The highest BCUT2D eigenvalue weighted by Gasteiger charge is 2.16. The molecule has 0 saturated heterocycles. The van der Waals surface area contributed by atoms with Gasteiger partial charge in [0.25, 0.3) is 11.8 Å². The van der Waals surface area contributed by atoms with Gasteiger partial charge in [-0.25, -0.2) is 0 Å². The van der Waals surface area contributed by atoms with Crippen molar-refractivity contribution < 1.29 is 18.7 Å². The minimum atomic E-state index is -0.367. The maximum Gasteiger partial charge on any atom is 0.259 e. The number of nitrogens with one attached hydrogen (secondary N) is 1. The van der Waals surface area contributed by atoms with Crippen molar-refractivity contribution in [1.82, 2.24) is 4.90 Å². The van der Waals surface area contributed by atoms with Crippen LogP contribution in [0.4, 0.5) is 5.69 Å². The third kappa shape index (κ3) is 3.94. The van der Waals surface area contributed by atoms with Crippen LogP contribution in [0.15, 0.2) is 34.9 Å². The first-order chi connectivity index (χ1) is 11.5. The van der Waals surface area contributed by atoms with E-state index in [-0.39, 0.29) is 18.4 Å². The summed E-state index contributed by atoms with van der Waals surface area (Å²) in [6.45, 7) is 2.49. The predicted octanol–water partition coefficient (Wildman–Crippen LogP) is 2.09. The highest BCUT2D eigenvalue weighted by Crippen LogP contribution is 2.27. The van der Waals surface area contributed by atoms with Gasteiger partial charge >= 0.3 is 0 Å². The second kappa shape index (κ2) is 7.65. The zero-order valence-electron chi connectivity index (χ0n) is 14.0. The van der Waals surface area contributed by atoms with Crippen LogP contribution >= 0.6 is 0 Å². The standard InChI is InChI=1S/C17H21N3O4/c1-4-23-15-6-5-11(17(22)20(2)3)8-14(15)19-16(21)12-7-13(9-18)24-10-12/h5-8,10H,4,9,18H2,1-3H3,(H,19,21). The van der Waals surface area contributed by atoms with Crippen LogP contribution in [0.2, 0.25) is 0 Å². The van der Waals surface area contributed by atoms with Crippen LogP contribution < -0.4 is 15.8 Å². The Morgan fingerprint density at radius 2 is 2.00 bits per heavy atom. The fraction of sp³-hybridized carbons (Fsp3) is 0.294. The molecule has 1 heterocycles. The summed E-state index contributed by atoms with van der Waals surface area (Å²) in [7, 11) is 3.33. The number of hydrogen-bond acceptors (Lipinski definition) is 5. The van der Waals surface area contributed by atoms with E-state index in [1.54, 1.807) is 38.4 Å². The van der Waals surface area contributed by atoms with Gasteiger partial charge in [-0.1, -0.05) is 0 Å². The molecule has 3 N–H and O–H groups in total. The van der Waals surface area contributed by atoms with Gasteiger partial charge in [-0.15, -0.1) is 0 Å². The van der Waals surface area contributed by atoms with E-state index in [9.17, 15) is 9.59 Å². The van der Waals surface area contributed by atoms with Crippen molar-refractivity contribution in [3.63, 3.8) is 0 Å². The molecule has 0 aliphatic rings. The topological polar surface area (TPSA) is 97.8 Å². The second-order valence-electron chi connectivity index (χ2n) is 5.30. The number of ether oxygens (including phenoxy) is 1. The quantitative estimate of drug-likeness (QED) is 0.844. The number of furan rings is 1. The average Bonchev–Trinajstić information content (AvgIpc) is 3.05. The first-order valence-corrected chi connectivity index (χ1v) is 7.53. The van der Waals surface area contributed by atoms with Crippen molar-refractivity contribution in [2.24, 2.45) is 5.73 Å². The second-order valence-corrected chi connectivity index (χ2v) is 5.30. The van der Waals surface area contributed by atoms with Crippen molar-refractivity contribution in [1.29, 1.82) is 0 Å². The Bertz CT molecular complexity index is 737. The van der Waals surface area contributed by atoms with Gasteiger partial charge in [-0.3, -0.25) is 9.59 Å². The van der Waals surface area contributed by atoms with Gasteiger partial charge in [0.2, 0.25) is 0 Å². The van der Waals surface area contributed by atoms with Crippen molar-refractivity contribution >= 4 is 17.5 Å². The fourth-order valence-corrected chi connectivity index (χ4v) is 2.10. The van der Waals surface area contributed by atoms with Gasteiger partial charge in [0.15, 0.2) is 0 Å². The number of carbonyl (C=O) groups excluding carboxylic acids is 2. The van der Waals surface area contributed by atoms with Crippen molar-refractivity contribution in [3.8, 4) is 5.75 Å². The largest absolute Gasteiger partial charge is 0.492 e. The van der Waals surface area contributed by atoms with Crippen molar-refractivity contribution in [2.75, 3.05) is 26.0 Å². The Morgan fingerprint density at radius 1 is 1.25 bits per heavy atom. The van der Waals surface area contributed by atoms with Crippen LogP contribution in [0.1, 0.15) is 33.4 Å². The Balaban J connectivity index is 2.29. The van der Waals surface area contributed by atoms with E-state index in [0.29, 0.717) is 34.9 Å². The highest BCUT2D eigenvalue weighted by atomic mass is 16.5. The van der Waals surface area contributed by atoms with E-state index in [1.165, 1.54) is 11.2 Å². The number of carbonyl (C=O) groups is 2. The molecule has 128 valence electrons. The molecule has 7 nitrogen and oxygen atoms in total. The number of benzene rings is 1. The minimum Gasteiger partial charge on any atom is -0.492 e. The lowest BCUT2D eigenvalue weighted by Crippen LogP contribution is -2.22. The third-order valence-corrected chi connectivity index (χ3v) is 3.30. The van der Waals surface area contributed by atoms with Crippen molar-refractivity contribution in [2.45, 2.75) is 13.5 Å². The molecule has 2 rings (SSSR count). The number of amides is 2. The molecule has 0 bridgehead atoms. The van der Waals surface area contributed by atoms with E-state index >= 15 is 0 Å². The lowest BCUT2D eigenvalue weighted by atomic mass is 10.1. The number of nitrogens with two attached hydrogens (primary N) is 1. The lowest BCUT2D eigenvalue weighted by Gasteiger charge is -2.15. The van der Waals surface area contributed by atoms with Gasteiger partial charge in [0, 0.05) is 19.7 Å². The SMILES string of the molecule is CCOc1ccc(C(=O)N(C)C)cc1NC(=O)c1coc(CN)c1. The molecule has 2 aromatic rings. The number of rotatable bonds is 6. The molecule has 24 heavy (non-hydrogen) atoms. The molecule has 0 atom stereocenters. The molecule has 0 unspecified atom stereocenters. The summed E-state index contributed by atoms with van der Waals surface area (Å²) < 4.78 is 10.7. The fourth-order valence-electron chi connectivity index (χ4n) is 2.10. The lowest BCUT2D eigenvalue weighted by molar-refractivity contribution is 0.0827. The molecule has 1 aromatic carbocycles. The molecule has 0 aliphatic heterocycles. The van der Waals surface area contributed by atoms with Crippen LogP contribution in [-0.2, 0) is 6.54 Å². The Morgan fingerprint density at radius 3 is 2.58 bits per heavy atom. The summed E-state index contributed by atoms with van der Waals surface area (Å²) in [5, 5.41) is 2.75. The Hall–Kier alpha value is -2.80. The molecule has 0 saturated carbocycles. The first kappa shape index (κ1) is 17.6. The minimum absolute atomic E-state index is 0.165. The summed E-state index contributed by atoms with van der Waals surface area (Å²) in [5.41, 5.74) is 6.70. The third-order valence-electron chi connectivity index (χ3n) is 3.30. The number of nitrogens with zero attached hydrogens (tertiary/aromatic N) is 1. The highest BCUT2D eigenvalue weighted by molar-refractivity contribution is 6.06. The van der Waals surface area contributed by atoms with E-state index in [1.807, 2.05) is 6.92 Å². The Labute approximate surface area is 140 Å². The Kier molecular flexibility index (Phi) is 5.59. The van der Waals surface area contributed by atoms with Crippen LogP contribution in [0.5, 0.6) is 5.75 Å². The van der Waals surface area contributed by atoms with Gasteiger partial charge in [0.05, 0.1) is 24.4 Å². The van der Waals surface area contributed by atoms with Crippen LogP contribution in [0, 0.1) is 0 Å². The number of hydrogen-bond donors (Lipinski definition) is 2. The first-order valence-electron chi connectivity index (χ1n) is 7.53. The smallest absolute Gasteiger partial charge is 0.259 e. The molecule has 0 radical (unpaired) electrons. The molecule has 0 spiro atoms. The molecule has 0 aliphatic carbocycles. The zero-order valence-corrected chi connectivity index (χ0v) is 14.0. The van der Waals surface area contributed by atoms with Gasteiger partial charge in [-0.2, -0.15) is 0 Å². The molecular weight excluding hydrogens is 310 g/mol. The normalized spacial score (nSPS) is 10.3. The van der Waals surface area contributed by atoms with Crippen LogP contribution in [0.3, 0.4) is 0 Å². The average molecular weight is 331 g/mol. The van der Waals surface area contributed by atoms with Gasteiger partial charge in [-0.05, 0) is 31.2 Å². The maximum absolute atomic E-state index is 12.4. The summed E-state index contributed by atoms with van der Waals surface area (Å²) in [6.07, 6.45) is 1.34. The molecule has 7 heteroatoms. The summed E-state index contributed by atoms with van der Waals surface area (Å²) >= 11 is 0. The summed E-state index contributed by atoms with van der Waals surface area (Å²) in [4.78, 5) is 25.9.